The SMILES string of the molecule is COc1ccc(C(=S)OCCN)cc1. The molecule has 0 radical (unpaired) electrons. The maximum Gasteiger partial charge on any atom is 0.191 e. The van der Waals surface area contributed by atoms with E-state index in [-0.39, 0.29) is 0 Å². The van der Waals surface area contributed by atoms with Crippen LogP contribution in [-0.4, -0.2) is 25.3 Å². The summed E-state index contributed by atoms with van der Waals surface area (Å²) in [6.07, 6.45) is 0. The number of thiocarbonyl (C=S) groups is 1. The van der Waals surface area contributed by atoms with Gasteiger partial charge in [0.1, 0.15) is 12.4 Å². The molecule has 0 aliphatic heterocycles. The van der Waals surface area contributed by atoms with Gasteiger partial charge in [0.2, 0.25) is 0 Å². The van der Waals surface area contributed by atoms with Crippen molar-refractivity contribution >= 4 is 17.3 Å². The minimum Gasteiger partial charge on any atom is -0.497 e. The van der Waals surface area contributed by atoms with E-state index in [1.54, 1.807) is 7.11 Å². The van der Waals surface area contributed by atoms with Crippen LogP contribution in [0.5, 0.6) is 5.75 Å². The largest absolute Gasteiger partial charge is 0.497 e. The van der Waals surface area contributed by atoms with E-state index in [1.165, 1.54) is 0 Å². The lowest BCUT2D eigenvalue weighted by Gasteiger charge is -2.06. The first kappa shape index (κ1) is 10.9. The number of benzene rings is 1. The van der Waals surface area contributed by atoms with Crippen LogP contribution in [0.4, 0.5) is 0 Å². The predicted molar refractivity (Wildman–Crippen MR) is 59.7 cm³/mol. The first-order valence-corrected chi connectivity index (χ1v) is 4.70. The molecule has 0 aliphatic rings. The molecule has 0 fully saturated rings. The van der Waals surface area contributed by atoms with Gasteiger partial charge in [-0.25, -0.2) is 0 Å². The number of nitrogens with two attached hydrogens (primary N) is 1. The molecule has 0 saturated heterocycles. The molecule has 3 nitrogen and oxygen atoms in total. The number of methoxy groups -OCH3 is 1. The monoisotopic (exact) mass is 211 g/mol. The summed E-state index contributed by atoms with van der Waals surface area (Å²) in [5, 5.41) is 0.470. The zero-order valence-electron chi connectivity index (χ0n) is 8.03. The lowest BCUT2D eigenvalue weighted by molar-refractivity contribution is 0.325. The molecule has 0 heterocycles. The highest BCUT2D eigenvalue weighted by Crippen LogP contribution is 2.12. The van der Waals surface area contributed by atoms with Gasteiger partial charge in [-0.1, -0.05) is 0 Å². The van der Waals surface area contributed by atoms with Crippen LogP contribution in [0.3, 0.4) is 0 Å². The summed E-state index contributed by atoms with van der Waals surface area (Å²) in [5.74, 6) is 0.801. The fraction of sp³-hybridized carbons (Fsp3) is 0.300. The molecular formula is C10H13NO2S. The fourth-order valence-electron chi connectivity index (χ4n) is 0.962. The minimum atomic E-state index is 0.449. The molecule has 1 aromatic carbocycles. The number of hydrogen-bond donors (Lipinski definition) is 1. The van der Waals surface area contributed by atoms with Crippen molar-refractivity contribution in [3.05, 3.63) is 29.8 Å². The molecule has 2 N–H and O–H groups in total. The van der Waals surface area contributed by atoms with E-state index in [1.807, 2.05) is 24.3 Å². The Morgan fingerprint density at radius 1 is 1.36 bits per heavy atom. The second-order valence-corrected chi connectivity index (χ2v) is 3.02. The number of rotatable bonds is 4. The molecule has 1 rings (SSSR count). The van der Waals surface area contributed by atoms with Crippen LogP contribution in [0.15, 0.2) is 24.3 Å². The van der Waals surface area contributed by atoms with E-state index in [0.29, 0.717) is 18.2 Å². The quantitative estimate of drug-likeness (QED) is 0.763. The van der Waals surface area contributed by atoms with Gasteiger partial charge < -0.3 is 15.2 Å². The van der Waals surface area contributed by atoms with Gasteiger partial charge >= 0.3 is 0 Å². The minimum absolute atomic E-state index is 0.449. The van der Waals surface area contributed by atoms with Gasteiger partial charge in [-0.3, -0.25) is 0 Å². The van der Waals surface area contributed by atoms with Crippen LogP contribution in [0.1, 0.15) is 5.56 Å². The molecule has 0 atom stereocenters. The molecule has 0 spiro atoms. The Kier molecular flexibility index (Phi) is 4.35. The standard InChI is InChI=1S/C10H13NO2S/c1-12-9-4-2-8(3-5-9)10(14)13-7-6-11/h2-5H,6-7,11H2,1H3. The molecule has 1 aromatic rings. The first-order chi connectivity index (χ1) is 6.77. The Balaban J connectivity index is 2.62. The highest BCUT2D eigenvalue weighted by molar-refractivity contribution is 7.80. The summed E-state index contributed by atoms with van der Waals surface area (Å²) >= 11 is 5.05. The lowest BCUT2D eigenvalue weighted by Crippen LogP contribution is -2.12. The molecule has 76 valence electrons. The van der Waals surface area contributed by atoms with Crippen LogP contribution in [0.25, 0.3) is 0 Å². The van der Waals surface area contributed by atoms with Crippen molar-refractivity contribution in [1.82, 2.24) is 0 Å². The van der Waals surface area contributed by atoms with Crippen LogP contribution in [0, 0.1) is 0 Å². The van der Waals surface area contributed by atoms with Gasteiger partial charge in [0, 0.05) is 12.1 Å². The Hall–Kier alpha value is -1.13. The van der Waals surface area contributed by atoms with Gasteiger partial charge in [0.15, 0.2) is 5.05 Å². The Morgan fingerprint density at radius 3 is 2.50 bits per heavy atom. The maximum absolute atomic E-state index is 5.30. The number of ether oxygens (including phenoxy) is 2. The zero-order valence-corrected chi connectivity index (χ0v) is 8.84. The van der Waals surface area contributed by atoms with Gasteiger partial charge in [0.25, 0.3) is 0 Å². The Morgan fingerprint density at radius 2 is 2.00 bits per heavy atom. The van der Waals surface area contributed by atoms with Gasteiger partial charge in [-0.05, 0) is 36.5 Å². The lowest BCUT2D eigenvalue weighted by atomic mass is 10.2. The maximum atomic E-state index is 5.30. The first-order valence-electron chi connectivity index (χ1n) is 4.29. The van der Waals surface area contributed by atoms with Crippen molar-refractivity contribution in [3.63, 3.8) is 0 Å². The normalized spacial score (nSPS) is 9.57. The third-order valence-electron chi connectivity index (χ3n) is 1.68. The Bertz CT molecular complexity index is 297. The van der Waals surface area contributed by atoms with Crippen LogP contribution in [0.2, 0.25) is 0 Å². The predicted octanol–water partition coefficient (Wildman–Crippen LogP) is 1.35. The van der Waals surface area contributed by atoms with Crippen molar-refractivity contribution in [1.29, 1.82) is 0 Å². The van der Waals surface area contributed by atoms with E-state index in [9.17, 15) is 0 Å². The second-order valence-electron chi connectivity index (χ2n) is 2.65. The van der Waals surface area contributed by atoms with Crippen molar-refractivity contribution in [2.24, 2.45) is 5.73 Å². The fourth-order valence-corrected chi connectivity index (χ4v) is 1.18. The van der Waals surface area contributed by atoms with Gasteiger partial charge in [-0.15, -0.1) is 0 Å². The summed E-state index contributed by atoms with van der Waals surface area (Å²) < 4.78 is 10.2. The smallest absolute Gasteiger partial charge is 0.191 e. The Labute approximate surface area is 88.8 Å². The van der Waals surface area contributed by atoms with E-state index < -0.39 is 0 Å². The molecule has 0 amide bonds. The van der Waals surface area contributed by atoms with Crippen LogP contribution in [-0.2, 0) is 4.74 Å². The average molecular weight is 211 g/mol. The highest BCUT2D eigenvalue weighted by atomic mass is 32.1. The van der Waals surface area contributed by atoms with Crippen molar-refractivity contribution in [2.75, 3.05) is 20.3 Å². The third-order valence-corrected chi connectivity index (χ3v) is 2.03. The molecule has 0 aromatic heterocycles. The third kappa shape index (κ3) is 2.97. The average Bonchev–Trinajstić information content (AvgIpc) is 2.26. The summed E-state index contributed by atoms with van der Waals surface area (Å²) in [4.78, 5) is 0. The van der Waals surface area contributed by atoms with Gasteiger partial charge in [0.05, 0.1) is 7.11 Å². The molecule has 14 heavy (non-hydrogen) atoms. The molecule has 0 bridgehead atoms. The van der Waals surface area contributed by atoms with Crippen LogP contribution < -0.4 is 10.5 Å². The molecule has 0 aliphatic carbocycles. The molecule has 0 saturated carbocycles. The highest BCUT2D eigenvalue weighted by Gasteiger charge is 2.01. The van der Waals surface area contributed by atoms with Crippen molar-refractivity contribution in [2.45, 2.75) is 0 Å². The van der Waals surface area contributed by atoms with E-state index in [4.69, 9.17) is 27.4 Å². The van der Waals surface area contributed by atoms with E-state index >= 15 is 0 Å². The van der Waals surface area contributed by atoms with Crippen molar-refractivity contribution in [3.8, 4) is 5.75 Å². The van der Waals surface area contributed by atoms with E-state index in [2.05, 4.69) is 0 Å². The molecule has 0 unspecified atom stereocenters. The van der Waals surface area contributed by atoms with Gasteiger partial charge in [-0.2, -0.15) is 0 Å². The summed E-state index contributed by atoms with van der Waals surface area (Å²) in [6.45, 7) is 0.918. The summed E-state index contributed by atoms with van der Waals surface area (Å²) in [6, 6.07) is 7.40. The summed E-state index contributed by atoms with van der Waals surface area (Å²) in [7, 11) is 1.62. The van der Waals surface area contributed by atoms with Crippen molar-refractivity contribution < 1.29 is 9.47 Å². The zero-order chi connectivity index (χ0) is 10.4. The topological polar surface area (TPSA) is 44.5 Å². The number of hydrogen-bond acceptors (Lipinski definition) is 4. The van der Waals surface area contributed by atoms with Crippen LogP contribution >= 0.6 is 12.2 Å². The summed E-state index contributed by atoms with van der Waals surface area (Å²) in [5.41, 5.74) is 6.17. The van der Waals surface area contributed by atoms with E-state index in [0.717, 1.165) is 11.3 Å². The second kappa shape index (κ2) is 5.57. The molecular weight excluding hydrogens is 198 g/mol. The molecule has 4 heteroatoms.